The Balaban J connectivity index is 1.96. The Hall–Kier alpha value is -2.48. The van der Waals surface area contributed by atoms with Crippen LogP contribution in [-0.4, -0.2) is 72.9 Å². The molecule has 2 heterocycles. The highest BCUT2D eigenvalue weighted by Gasteiger charge is 2.49. The van der Waals surface area contributed by atoms with Crippen molar-refractivity contribution >= 4 is 11.9 Å². The Labute approximate surface area is 228 Å². The van der Waals surface area contributed by atoms with Crippen LogP contribution in [0.4, 0.5) is 0 Å². The van der Waals surface area contributed by atoms with E-state index in [4.69, 9.17) is 14.2 Å². The van der Waals surface area contributed by atoms with Crippen molar-refractivity contribution in [2.75, 3.05) is 40.1 Å². The second kappa shape index (κ2) is 13.5. The molecule has 3 rings (SSSR count). The number of carbonyl (C=O) groups excluding carboxylic acids is 1. The minimum Gasteiger partial charge on any atom is -0.493 e. The number of nitrogens with zero attached hydrogens (tertiary/aromatic N) is 2. The van der Waals surface area contributed by atoms with Crippen LogP contribution in [0.15, 0.2) is 12.1 Å². The second-order valence-electron chi connectivity index (χ2n) is 11.6. The number of likely N-dealkylation sites (tertiary alicyclic amines) is 1. The number of hydrogen-bond acceptors (Lipinski definition) is 6. The topological polar surface area (TPSA) is 88.5 Å². The smallest absolute Gasteiger partial charge is 0.308 e. The number of fused-ring (bicyclic) bond motifs is 1. The maximum Gasteiger partial charge on any atom is 0.308 e. The fraction of sp³-hybridized carbons (Fsp3) is 0.733. The number of carbonyl (C=O) groups is 2. The molecule has 38 heavy (non-hydrogen) atoms. The summed E-state index contributed by atoms with van der Waals surface area (Å²) in [5, 5.41) is 10.5. The summed E-state index contributed by atoms with van der Waals surface area (Å²) in [7, 11) is 1.58. The summed E-state index contributed by atoms with van der Waals surface area (Å²) < 4.78 is 16.8. The van der Waals surface area contributed by atoms with Crippen molar-refractivity contribution in [2.45, 2.75) is 91.5 Å². The van der Waals surface area contributed by atoms with E-state index in [0.717, 1.165) is 57.2 Å². The first-order chi connectivity index (χ1) is 18.1. The maximum absolute atomic E-state index is 13.6. The molecule has 8 heteroatoms. The molecule has 1 aromatic carbocycles. The van der Waals surface area contributed by atoms with Crippen molar-refractivity contribution in [1.82, 2.24) is 9.80 Å². The summed E-state index contributed by atoms with van der Waals surface area (Å²) in [5.41, 5.74) is 0.806. The molecule has 1 aromatic rings. The number of methoxy groups -OCH3 is 1. The van der Waals surface area contributed by atoms with Gasteiger partial charge in [0, 0.05) is 31.6 Å². The number of rotatable bonds is 15. The van der Waals surface area contributed by atoms with Crippen molar-refractivity contribution in [3.05, 3.63) is 17.7 Å². The van der Waals surface area contributed by atoms with Gasteiger partial charge >= 0.3 is 5.97 Å². The first kappa shape index (κ1) is 30.1. The van der Waals surface area contributed by atoms with Gasteiger partial charge in [-0.2, -0.15) is 0 Å². The van der Waals surface area contributed by atoms with Crippen LogP contribution in [0.5, 0.6) is 17.2 Å². The molecule has 8 nitrogen and oxygen atoms in total. The van der Waals surface area contributed by atoms with Crippen LogP contribution in [-0.2, 0) is 9.59 Å². The molecule has 0 bridgehead atoms. The van der Waals surface area contributed by atoms with Crippen LogP contribution >= 0.6 is 0 Å². The van der Waals surface area contributed by atoms with E-state index in [1.807, 2.05) is 17.0 Å². The van der Waals surface area contributed by atoms with Gasteiger partial charge in [0.2, 0.25) is 18.4 Å². The van der Waals surface area contributed by atoms with E-state index in [0.29, 0.717) is 30.2 Å². The molecule has 2 aliphatic rings. The molecule has 0 saturated carbocycles. The molecular formula is C30H48N2O6. The standard InChI is InChI=1S/C30H48N2O6/c1-7-10-13-31(14-11-8-2)26(33)19-32-18-22(21-15-24(36-6)28-25(16-21)37-20-38-28)27(29(34)35)23(32)17-30(4,5)12-9-3/h15-16,22-23,27H,7-14,17-20H2,1-6H3,(H,34,35). The van der Waals surface area contributed by atoms with Gasteiger partial charge in [-0.05, 0) is 48.8 Å². The number of amides is 1. The SMILES string of the molecule is CCCCN(CCCC)C(=O)CN1CC(c2cc(OC)c3c(c2)OCO3)C(C(=O)O)C1CC(C)(C)CCC. The highest BCUT2D eigenvalue weighted by Crippen LogP contribution is 2.48. The van der Waals surface area contributed by atoms with Gasteiger partial charge in [-0.25, -0.2) is 0 Å². The second-order valence-corrected chi connectivity index (χ2v) is 11.6. The van der Waals surface area contributed by atoms with Gasteiger partial charge in [-0.3, -0.25) is 14.5 Å². The Bertz CT molecular complexity index is 941. The van der Waals surface area contributed by atoms with Gasteiger partial charge in [0.25, 0.3) is 0 Å². The first-order valence-corrected chi connectivity index (χ1v) is 14.4. The van der Waals surface area contributed by atoms with Crippen LogP contribution in [0.2, 0.25) is 0 Å². The zero-order valence-corrected chi connectivity index (χ0v) is 24.3. The Morgan fingerprint density at radius 1 is 1.11 bits per heavy atom. The fourth-order valence-electron chi connectivity index (χ4n) is 6.13. The fourth-order valence-corrected chi connectivity index (χ4v) is 6.13. The molecule has 0 spiro atoms. The molecule has 0 radical (unpaired) electrons. The lowest BCUT2D eigenvalue weighted by Gasteiger charge is -2.35. The van der Waals surface area contributed by atoms with Crippen LogP contribution in [0, 0.1) is 11.3 Å². The monoisotopic (exact) mass is 532 g/mol. The van der Waals surface area contributed by atoms with E-state index in [2.05, 4.69) is 39.5 Å². The number of carboxylic acid groups (broad SMARTS) is 1. The Kier molecular flexibility index (Phi) is 10.7. The Morgan fingerprint density at radius 2 is 1.79 bits per heavy atom. The number of carboxylic acids is 1. The third kappa shape index (κ3) is 7.13. The third-order valence-corrected chi connectivity index (χ3v) is 8.08. The average molecular weight is 533 g/mol. The number of aliphatic carboxylic acids is 1. The lowest BCUT2D eigenvalue weighted by Crippen LogP contribution is -2.46. The van der Waals surface area contributed by atoms with E-state index < -0.39 is 11.9 Å². The summed E-state index contributed by atoms with van der Waals surface area (Å²) in [6, 6.07) is 3.51. The number of ether oxygens (including phenoxy) is 3. The predicted molar refractivity (Wildman–Crippen MR) is 148 cm³/mol. The highest BCUT2D eigenvalue weighted by molar-refractivity contribution is 5.79. The van der Waals surface area contributed by atoms with Gasteiger partial charge in [0.1, 0.15) is 0 Å². The Morgan fingerprint density at radius 3 is 2.37 bits per heavy atom. The number of hydrogen-bond donors (Lipinski definition) is 1. The van der Waals surface area contributed by atoms with Gasteiger partial charge in [-0.1, -0.05) is 53.9 Å². The lowest BCUT2D eigenvalue weighted by molar-refractivity contribution is -0.144. The minimum atomic E-state index is -0.826. The zero-order chi connectivity index (χ0) is 27.9. The molecule has 0 aliphatic carbocycles. The van der Waals surface area contributed by atoms with Crippen LogP contribution in [0.3, 0.4) is 0 Å². The predicted octanol–water partition coefficient (Wildman–Crippen LogP) is 5.54. The largest absolute Gasteiger partial charge is 0.493 e. The molecule has 1 fully saturated rings. The van der Waals surface area contributed by atoms with Crippen molar-refractivity contribution in [1.29, 1.82) is 0 Å². The van der Waals surface area contributed by atoms with Crippen LogP contribution in [0.1, 0.15) is 91.0 Å². The van der Waals surface area contributed by atoms with E-state index in [9.17, 15) is 14.7 Å². The van der Waals surface area contributed by atoms with Crippen molar-refractivity contribution in [3.8, 4) is 17.2 Å². The average Bonchev–Trinajstić information content (AvgIpc) is 3.48. The maximum atomic E-state index is 13.6. The van der Waals surface area contributed by atoms with Gasteiger partial charge < -0.3 is 24.2 Å². The van der Waals surface area contributed by atoms with Gasteiger partial charge in [0.15, 0.2) is 11.5 Å². The number of unbranched alkanes of at least 4 members (excludes halogenated alkanes) is 2. The van der Waals surface area contributed by atoms with Crippen molar-refractivity contribution in [2.24, 2.45) is 11.3 Å². The van der Waals surface area contributed by atoms with E-state index in [1.54, 1.807) is 7.11 Å². The first-order valence-electron chi connectivity index (χ1n) is 14.4. The highest BCUT2D eigenvalue weighted by atomic mass is 16.7. The minimum absolute atomic E-state index is 0.0417. The van der Waals surface area contributed by atoms with E-state index in [1.165, 1.54) is 0 Å². The summed E-state index contributed by atoms with van der Waals surface area (Å²) >= 11 is 0. The quantitative estimate of drug-likeness (QED) is 0.317. The summed E-state index contributed by atoms with van der Waals surface area (Å²) in [5.74, 6) is -0.00940. The zero-order valence-electron chi connectivity index (χ0n) is 24.3. The van der Waals surface area contributed by atoms with Gasteiger partial charge in [-0.15, -0.1) is 0 Å². The molecule has 214 valence electrons. The molecule has 1 N–H and O–H groups in total. The van der Waals surface area contributed by atoms with Crippen molar-refractivity contribution < 1.29 is 28.9 Å². The lowest BCUT2D eigenvalue weighted by atomic mass is 9.76. The van der Waals surface area contributed by atoms with E-state index in [-0.39, 0.29) is 36.6 Å². The molecule has 1 amide bonds. The third-order valence-electron chi connectivity index (χ3n) is 8.08. The van der Waals surface area contributed by atoms with E-state index >= 15 is 0 Å². The normalized spacial score (nSPS) is 21.1. The molecule has 1 saturated heterocycles. The molecule has 3 unspecified atom stereocenters. The molecular weight excluding hydrogens is 484 g/mol. The van der Waals surface area contributed by atoms with Crippen LogP contribution in [0.25, 0.3) is 0 Å². The summed E-state index contributed by atoms with van der Waals surface area (Å²) in [6.07, 6.45) is 6.75. The summed E-state index contributed by atoms with van der Waals surface area (Å²) in [6.45, 7) is 13.2. The van der Waals surface area contributed by atoms with Crippen LogP contribution < -0.4 is 14.2 Å². The molecule has 3 atom stereocenters. The van der Waals surface area contributed by atoms with Crippen molar-refractivity contribution in [3.63, 3.8) is 0 Å². The molecule has 0 aromatic heterocycles. The van der Waals surface area contributed by atoms with Gasteiger partial charge in [0.05, 0.1) is 19.6 Å². The number of benzene rings is 1. The summed E-state index contributed by atoms with van der Waals surface area (Å²) in [4.78, 5) is 30.6. The molecule has 2 aliphatic heterocycles.